The van der Waals surface area contributed by atoms with Gasteiger partial charge in [-0.3, -0.25) is 4.79 Å². The van der Waals surface area contributed by atoms with E-state index >= 15 is 0 Å². The zero-order valence-corrected chi connectivity index (χ0v) is 5.50. The topological polar surface area (TPSA) is 89.3 Å². The molecule has 0 aliphatic rings. The van der Waals surface area contributed by atoms with Gasteiger partial charge in [0.15, 0.2) is 0 Å². The van der Waals surface area contributed by atoms with Crippen molar-refractivity contribution in [3.05, 3.63) is 0 Å². The van der Waals surface area contributed by atoms with Crippen LogP contribution in [0.25, 0.3) is 0 Å². The fourth-order valence-corrected chi connectivity index (χ4v) is 0.342. The van der Waals surface area contributed by atoms with Crippen LogP contribution >= 0.6 is 0 Å². The highest BCUT2D eigenvalue weighted by molar-refractivity contribution is 5.72. The van der Waals surface area contributed by atoms with E-state index < -0.39 is 37.7 Å². The average Bonchev–Trinajstić information content (AvgIpc) is 2.03. The fourth-order valence-electron chi connectivity index (χ4n) is 0.342. The van der Waals surface area contributed by atoms with Crippen molar-refractivity contribution in [1.82, 2.24) is 0 Å². The molecule has 0 aliphatic heterocycles. The number of carboxylic acid groups (broad SMARTS) is 1. The molecule has 0 aliphatic carbocycles. The molecule has 0 saturated heterocycles. The summed E-state index contributed by atoms with van der Waals surface area (Å²) in [7, 11) is 0. The predicted octanol–water partition coefficient (Wildman–Crippen LogP) is -0.473. The lowest BCUT2D eigenvalue weighted by atomic mass is 10.1. The molecule has 5 N–H and O–H groups in total. The molecule has 0 bridgehead atoms. The van der Waals surface area contributed by atoms with Gasteiger partial charge in [-0.1, -0.05) is 6.37 Å². The fraction of sp³-hybridized carbons (Fsp3) is 0.833. The second kappa shape index (κ2) is 5.20. The minimum absolute atomic E-state index is 0.521. The quantitative estimate of drug-likeness (QED) is 0.494. The Morgan fingerprint density at radius 2 is 2.30 bits per heavy atom. The highest BCUT2D eigenvalue weighted by atomic mass is 16.4. The number of carbonyl (C=O) groups is 1. The Balaban J connectivity index is 4.56. The summed E-state index contributed by atoms with van der Waals surface area (Å²) in [5.74, 6) is -1.36. The monoisotopic (exact) mass is 150 g/mol. The summed E-state index contributed by atoms with van der Waals surface area (Å²) >= 11 is 0. The van der Waals surface area contributed by atoms with E-state index in [4.69, 9.17) is 22.1 Å². The maximum Gasteiger partial charge on any atom is 0.320 e. The third kappa shape index (κ3) is 4.29. The smallest absolute Gasteiger partial charge is 0.320 e. The van der Waals surface area contributed by atoms with Gasteiger partial charge in [0.2, 0.25) is 0 Å². The zero-order chi connectivity index (χ0) is 11.6. The van der Waals surface area contributed by atoms with Crippen molar-refractivity contribution in [3.8, 4) is 0 Å². The molecule has 0 aromatic heterocycles. The number of rotatable bonds is 5. The van der Waals surface area contributed by atoms with Gasteiger partial charge in [-0.05, 0) is 19.3 Å². The van der Waals surface area contributed by atoms with Crippen LogP contribution in [0.3, 0.4) is 0 Å². The van der Waals surface area contributed by atoms with Gasteiger partial charge in [-0.25, -0.2) is 0 Å². The first-order chi connectivity index (χ1) is 6.14. The molecule has 4 nitrogen and oxygen atoms in total. The van der Waals surface area contributed by atoms with Crippen molar-refractivity contribution in [2.45, 2.75) is 25.2 Å². The molecule has 60 valence electrons. The Morgan fingerprint density at radius 1 is 1.70 bits per heavy atom. The van der Waals surface area contributed by atoms with Crippen LogP contribution in [0.4, 0.5) is 0 Å². The van der Waals surface area contributed by atoms with E-state index in [0.29, 0.717) is 0 Å². The zero-order valence-electron chi connectivity index (χ0n) is 9.50. The number of aliphatic carboxylic acids is 1. The number of hydrogen-bond donors (Lipinski definition) is 3. The van der Waals surface area contributed by atoms with Crippen molar-refractivity contribution in [2.24, 2.45) is 11.5 Å². The van der Waals surface area contributed by atoms with Crippen LogP contribution < -0.4 is 11.5 Å². The van der Waals surface area contributed by atoms with E-state index in [9.17, 15) is 4.79 Å². The summed E-state index contributed by atoms with van der Waals surface area (Å²) in [6, 6.07) is -1.42. The van der Waals surface area contributed by atoms with Crippen LogP contribution in [-0.4, -0.2) is 23.7 Å². The number of hydrogen-bond acceptors (Lipinski definition) is 3. The first-order valence-electron chi connectivity index (χ1n) is 4.82. The third-order valence-electron chi connectivity index (χ3n) is 0.866. The van der Waals surface area contributed by atoms with E-state index in [-0.39, 0.29) is 0 Å². The highest BCUT2D eigenvalue weighted by Crippen LogP contribution is 1.96. The van der Waals surface area contributed by atoms with Crippen LogP contribution in [0.1, 0.15) is 24.6 Å². The van der Waals surface area contributed by atoms with E-state index in [1.165, 1.54) is 0 Å². The molecule has 0 saturated carbocycles. The lowest BCUT2D eigenvalue weighted by molar-refractivity contribution is -0.138. The van der Waals surface area contributed by atoms with Crippen molar-refractivity contribution >= 4 is 5.97 Å². The van der Waals surface area contributed by atoms with Gasteiger partial charge in [0, 0.05) is 5.48 Å². The largest absolute Gasteiger partial charge is 0.480 e. The first kappa shape index (κ1) is 4.31. The molecule has 0 amide bonds. The SMILES string of the molecule is [2H]C([2H])(CN)C([2H])([2H])CC(N)C(=O)O. The van der Waals surface area contributed by atoms with Gasteiger partial charge in [0.05, 0.1) is 0 Å². The Morgan fingerprint density at radius 3 is 2.70 bits per heavy atom. The Labute approximate surface area is 65.8 Å². The molecule has 1 atom stereocenters. The van der Waals surface area contributed by atoms with Crippen molar-refractivity contribution in [3.63, 3.8) is 0 Å². The molecule has 0 heterocycles. The summed E-state index contributed by atoms with van der Waals surface area (Å²) in [6.45, 7) is -0.521. The molecule has 0 aromatic rings. The van der Waals surface area contributed by atoms with Gasteiger partial charge >= 0.3 is 5.97 Å². The molecular weight excluding hydrogens is 132 g/mol. The summed E-state index contributed by atoms with van der Waals surface area (Å²) < 4.78 is 29.1. The lowest BCUT2D eigenvalue weighted by Crippen LogP contribution is -2.29. The van der Waals surface area contributed by atoms with Crippen LogP contribution in [0.15, 0.2) is 0 Å². The first-order valence-corrected chi connectivity index (χ1v) is 2.82. The maximum atomic E-state index is 10.3. The highest BCUT2D eigenvalue weighted by Gasteiger charge is 2.09. The second-order valence-corrected chi connectivity index (χ2v) is 1.71. The molecule has 10 heavy (non-hydrogen) atoms. The van der Waals surface area contributed by atoms with Gasteiger partial charge in [-0.2, -0.15) is 0 Å². The van der Waals surface area contributed by atoms with Crippen LogP contribution in [0.5, 0.6) is 0 Å². The normalized spacial score (nSPS) is 21.8. The summed E-state index contributed by atoms with van der Waals surface area (Å²) in [4.78, 5) is 10.3. The average molecular weight is 150 g/mol. The predicted molar refractivity (Wildman–Crippen MR) is 38.5 cm³/mol. The lowest BCUT2D eigenvalue weighted by Gasteiger charge is -2.03. The Bertz CT molecular complexity index is 222. The van der Waals surface area contributed by atoms with Crippen LogP contribution in [-0.2, 0) is 4.79 Å². The van der Waals surface area contributed by atoms with E-state index in [1.54, 1.807) is 0 Å². The minimum atomic E-state index is -2.35. The molecule has 0 spiro atoms. The number of carboxylic acids is 1. The van der Waals surface area contributed by atoms with E-state index in [1.807, 2.05) is 0 Å². The van der Waals surface area contributed by atoms with Crippen molar-refractivity contribution in [1.29, 1.82) is 0 Å². The minimum Gasteiger partial charge on any atom is -0.480 e. The standard InChI is InChI=1S/C6H14N2O2/c7-4-2-1-3-5(8)6(9)10/h5H,1-4,7-8H2,(H,9,10)/i1D2,2D2. The van der Waals surface area contributed by atoms with Gasteiger partial charge in [0.1, 0.15) is 6.04 Å². The van der Waals surface area contributed by atoms with E-state index in [0.717, 1.165) is 0 Å². The summed E-state index contributed by atoms with van der Waals surface area (Å²) in [5, 5.41) is 8.44. The number of nitrogens with two attached hydrogens (primary N) is 2. The second-order valence-electron chi connectivity index (χ2n) is 1.71. The third-order valence-corrected chi connectivity index (χ3v) is 0.866. The molecule has 0 fully saturated rings. The van der Waals surface area contributed by atoms with Crippen LogP contribution in [0, 0.1) is 0 Å². The van der Waals surface area contributed by atoms with E-state index in [2.05, 4.69) is 0 Å². The van der Waals surface area contributed by atoms with Gasteiger partial charge in [0.25, 0.3) is 0 Å². The Hall–Kier alpha value is -0.610. The molecular formula is C6H14N2O2. The Kier molecular flexibility index (Phi) is 2.24. The van der Waals surface area contributed by atoms with Crippen molar-refractivity contribution < 1.29 is 15.4 Å². The van der Waals surface area contributed by atoms with Gasteiger partial charge in [-0.15, -0.1) is 0 Å². The van der Waals surface area contributed by atoms with Crippen LogP contribution in [0.2, 0.25) is 0 Å². The maximum absolute atomic E-state index is 10.3. The molecule has 0 rings (SSSR count). The summed E-state index contributed by atoms with van der Waals surface area (Å²) in [6.07, 6.45) is -5.23. The molecule has 4 heteroatoms. The molecule has 0 radical (unpaired) electrons. The summed E-state index contributed by atoms with van der Waals surface area (Å²) in [5.41, 5.74) is 10.1. The van der Waals surface area contributed by atoms with Gasteiger partial charge < -0.3 is 16.6 Å². The molecule has 1 unspecified atom stereocenters. The molecule has 0 aromatic carbocycles. The van der Waals surface area contributed by atoms with Crippen molar-refractivity contribution in [2.75, 3.05) is 6.54 Å².